The Kier molecular flexibility index (Phi) is 5.73. The van der Waals surface area contributed by atoms with E-state index in [0.29, 0.717) is 6.54 Å². The van der Waals surface area contributed by atoms with Crippen LogP contribution in [0.5, 0.6) is 5.75 Å². The van der Waals surface area contributed by atoms with Crippen molar-refractivity contribution < 1.29 is 4.74 Å². The summed E-state index contributed by atoms with van der Waals surface area (Å²) in [6.07, 6.45) is 0. The first kappa shape index (κ1) is 16.8. The molecule has 114 valence electrons. The van der Waals surface area contributed by atoms with Crippen LogP contribution in [0.4, 0.5) is 5.69 Å². The van der Waals surface area contributed by atoms with Gasteiger partial charge in [0.05, 0.1) is 39.7 Å². The Morgan fingerprint density at radius 2 is 1.95 bits per heavy atom. The quantitative estimate of drug-likeness (QED) is 0.644. The number of hydrogen-bond acceptors (Lipinski definition) is 3. The van der Waals surface area contributed by atoms with Crippen LogP contribution in [0.15, 0.2) is 25.6 Å². The molecule has 0 unspecified atom stereocenters. The first-order valence-corrected chi connectivity index (χ1v) is 8.84. The molecule has 7 heteroatoms. The van der Waals surface area contributed by atoms with Gasteiger partial charge < -0.3 is 10.1 Å². The molecule has 2 rings (SSSR count). The molecule has 0 aliphatic carbocycles. The average molecular weight is 482 g/mol. The molecule has 0 aliphatic heterocycles. The predicted molar refractivity (Wildman–Crippen MR) is 96.1 cm³/mol. The number of ether oxygens (including phenoxy) is 1. The number of halogens is 3. The van der Waals surface area contributed by atoms with E-state index in [1.54, 1.807) is 7.11 Å². The van der Waals surface area contributed by atoms with E-state index in [1.165, 1.54) is 0 Å². The first-order valence-electron chi connectivity index (χ1n) is 6.46. The van der Waals surface area contributed by atoms with Crippen LogP contribution in [0.2, 0.25) is 0 Å². The highest BCUT2D eigenvalue weighted by Gasteiger charge is 2.13. The normalized spacial score (nSPS) is 10.8. The Hall–Kier alpha value is -0.530. The second kappa shape index (κ2) is 7.15. The van der Waals surface area contributed by atoms with Gasteiger partial charge in [0.2, 0.25) is 0 Å². The van der Waals surface area contributed by atoms with Gasteiger partial charge in [-0.25, -0.2) is 0 Å². The zero-order valence-electron chi connectivity index (χ0n) is 12.0. The van der Waals surface area contributed by atoms with E-state index in [2.05, 4.69) is 65.1 Å². The van der Waals surface area contributed by atoms with Crippen LogP contribution in [0.3, 0.4) is 0 Å². The standard InChI is InChI=1S/C14H16Br3N3O/c1-4-20-12(14(17)8(2)19-20)7-18-11-6-13(21-3)10(16)5-9(11)15/h5-6,18H,4,7H2,1-3H3. The maximum absolute atomic E-state index is 5.33. The number of hydrogen-bond donors (Lipinski definition) is 1. The topological polar surface area (TPSA) is 39.1 Å². The lowest BCUT2D eigenvalue weighted by Gasteiger charge is -2.13. The molecule has 0 saturated heterocycles. The van der Waals surface area contributed by atoms with Crippen molar-refractivity contribution in [1.29, 1.82) is 0 Å². The summed E-state index contributed by atoms with van der Waals surface area (Å²) >= 11 is 10.6. The molecule has 0 spiro atoms. The molecule has 2 aromatic rings. The van der Waals surface area contributed by atoms with Crippen molar-refractivity contribution in [2.24, 2.45) is 0 Å². The minimum Gasteiger partial charge on any atom is -0.495 e. The molecule has 1 heterocycles. The number of methoxy groups -OCH3 is 1. The molecule has 0 atom stereocenters. The minimum absolute atomic E-state index is 0.679. The van der Waals surface area contributed by atoms with Gasteiger partial charge in [0.1, 0.15) is 5.75 Å². The fraction of sp³-hybridized carbons (Fsp3) is 0.357. The van der Waals surface area contributed by atoms with Crippen LogP contribution in [0.25, 0.3) is 0 Å². The van der Waals surface area contributed by atoms with Gasteiger partial charge in [-0.05, 0) is 67.7 Å². The summed E-state index contributed by atoms with van der Waals surface area (Å²) in [7, 11) is 1.66. The lowest BCUT2D eigenvalue weighted by atomic mass is 10.3. The molecule has 4 nitrogen and oxygen atoms in total. The van der Waals surface area contributed by atoms with E-state index in [9.17, 15) is 0 Å². The van der Waals surface area contributed by atoms with E-state index in [0.717, 1.165) is 42.8 Å². The molecule has 21 heavy (non-hydrogen) atoms. The largest absolute Gasteiger partial charge is 0.495 e. The summed E-state index contributed by atoms with van der Waals surface area (Å²) in [5, 5.41) is 7.92. The molecular formula is C14H16Br3N3O. The highest BCUT2D eigenvalue weighted by atomic mass is 79.9. The zero-order valence-corrected chi connectivity index (χ0v) is 16.8. The Morgan fingerprint density at radius 3 is 2.57 bits per heavy atom. The number of benzene rings is 1. The van der Waals surface area contributed by atoms with Crippen molar-refractivity contribution in [2.75, 3.05) is 12.4 Å². The van der Waals surface area contributed by atoms with Gasteiger partial charge in [-0.3, -0.25) is 4.68 Å². The Balaban J connectivity index is 2.24. The Labute approximate surface area is 149 Å². The van der Waals surface area contributed by atoms with Gasteiger partial charge in [0.15, 0.2) is 0 Å². The lowest BCUT2D eigenvalue weighted by Crippen LogP contribution is -2.08. The van der Waals surface area contributed by atoms with E-state index in [1.807, 2.05) is 23.7 Å². The number of aromatic nitrogens is 2. The Bertz CT molecular complexity index is 655. The van der Waals surface area contributed by atoms with Crippen molar-refractivity contribution in [1.82, 2.24) is 9.78 Å². The molecular weight excluding hydrogens is 466 g/mol. The van der Waals surface area contributed by atoms with Gasteiger partial charge in [-0.2, -0.15) is 5.10 Å². The molecule has 0 saturated carbocycles. The SMILES string of the molecule is CCn1nc(C)c(Br)c1CNc1cc(OC)c(Br)cc1Br. The maximum atomic E-state index is 5.33. The molecule has 1 N–H and O–H groups in total. The van der Waals surface area contributed by atoms with E-state index >= 15 is 0 Å². The van der Waals surface area contributed by atoms with Gasteiger partial charge in [-0.15, -0.1) is 0 Å². The van der Waals surface area contributed by atoms with E-state index in [4.69, 9.17) is 4.74 Å². The fourth-order valence-electron chi connectivity index (χ4n) is 2.04. The predicted octanol–water partition coefficient (Wildman–Crippen LogP) is 5.12. The molecule has 0 radical (unpaired) electrons. The highest BCUT2D eigenvalue weighted by molar-refractivity contribution is 9.11. The van der Waals surface area contributed by atoms with Gasteiger partial charge in [0.25, 0.3) is 0 Å². The second-order valence-electron chi connectivity index (χ2n) is 4.48. The van der Waals surface area contributed by atoms with E-state index in [-0.39, 0.29) is 0 Å². The molecule has 1 aromatic heterocycles. The second-order valence-corrected chi connectivity index (χ2v) is 6.98. The summed E-state index contributed by atoms with van der Waals surface area (Å²) in [6, 6.07) is 3.93. The fourth-order valence-corrected chi connectivity index (χ4v) is 3.76. The van der Waals surface area contributed by atoms with Gasteiger partial charge >= 0.3 is 0 Å². The maximum Gasteiger partial charge on any atom is 0.135 e. The van der Waals surface area contributed by atoms with Crippen LogP contribution in [-0.2, 0) is 13.1 Å². The molecule has 0 fully saturated rings. The summed E-state index contributed by atoms with van der Waals surface area (Å²) in [5.41, 5.74) is 3.10. The molecule has 0 amide bonds. The summed E-state index contributed by atoms with van der Waals surface area (Å²) in [6.45, 7) is 5.60. The molecule has 0 aliphatic rings. The van der Waals surface area contributed by atoms with Crippen molar-refractivity contribution >= 4 is 53.5 Å². The van der Waals surface area contributed by atoms with E-state index < -0.39 is 0 Å². The number of rotatable bonds is 5. The number of nitrogens with zero attached hydrogens (tertiary/aromatic N) is 2. The monoisotopic (exact) mass is 479 g/mol. The third kappa shape index (κ3) is 3.63. The third-order valence-corrected chi connectivity index (χ3v) is 5.45. The third-order valence-electron chi connectivity index (χ3n) is 3.14. The van der Waals surface area contributed by atoms with Gasteiger partial charge in [-0.1, -0.05) is 0 Å². The Morgan fingerprint density at radius 1 is 1.24 bits per heavy atom. The first-order chi connectivity index (χ1) is 9.97. The number of anilines is 1. The summed E-state index contributed by atoms with van der Waals surface area (Å²) in [5.74, 6) is 0.792. The van der Waals surface area contributed by atoms with Crippen molar-refractivity contribution in [3.05, 3.63) is 36.9 Å². The zero-order chi connectivity index (χ0) is 15.6. The van der Waals surface area contributed by atoms with Crippen LogP contribution in [0.1, 0.15) is 18.3 Å². The number of nitrogens with one attached hydrogen (secondary N) is 1. The van der Waals surface area contributed by atoms with Gasteiger partial charge in [0, 0.05) is 17.1 Å². The lowest BCUT2D eigenvalue weighted by molar-refractivity contribution is 0.412. The smallest absolute Gasteiger partial charge is 0.135 e. The average Bonchev–Trinajstić information content (AvgIpc) is 2.73. The number of aryl methyl sites for hydroxylation is 2. The van der Waals surface area contributed by atoms with Crippen LogP contribution < -0.4 is 10.1 Å². The molecule has 1 aromatic carbocycles. The van der Waals surface area contributed by atoms with Crippen molar-refractivity contribution in [2.45, 2.75) is 26.9 Å². The summed E-state index contributed by atoms with van der Waals surface area (Å²) < 4.78 is 10.3. The molecule has 0 bridgehead atoms. The van der Waals surface area contributed by atoms with Crippen LogP contribution >= 0.6 is 47.8 Å². The van der Waals surface area contributed by atoms with Crippen molar-refractivity contribution in [3.63, 3.8) is 0 Å². The van der Waals surface area contributed by atoms with Crippen molar-refractivity contribution in [3.8, 4) is 5.75 Å². The highest BCUT2D eigenvalue weighted by Crippen LogP contribution is 2.35. The van der Waals surface area contributed by atoms with Crippen LogP contribution in [-0.4, -0.2) is 16.9 Å². The summed E-state index contributed by atoms with van der Waals surface area (Å²) in [4.78, 5) is 0. The van der Waals surface area contributed by atoms with Crippen LogP contribution in [0, 0.1) is 6.92 Å². The minimum atomic E-state index is 0.679.